The van der Waals surface area contributed by atoms with Crippen molar-refractivity contribution >= 4 is 50.6 Å². The highest BCUT2D eigenvalue weighted by Gasteiger charge is 2.39. The van der Waals surface area contributed by atoms with Gasteiger partial charge in [0, 0.05) is 11.8 Å². The van der Waals surface area contributed by atoms with E-state index in [0.717, 1.165) is 46.8 Å². The average molecular weight is 621 g/mol. The minimum Gasteiger partial charge on any atom is -0.350 e. The van der Waals surface area contributed by atoms with Crippen LogP contribution in [-0.4, -0.2) is 56.0 Å². The summed E-state index contributed by atoms with van der Waals surface area (Å²) in [6.45, 7) is 4.19. The van der Waals surface area contributed by atoms with Crippen molar-refractivity contribution in [3.8, 4) is 0 Å². The van der Waals surface area contributed by atoms with Gasteiger partial charge < -0.3 is 15.5 Å². The number of nitrogens with one attached hydrogen (secondary N) is 2. The van der Waals surface area contributed by atoms with Crippen molar-refractivity contribution in [3.05, 3.63) is 69.3 Å². The Bertz CT molecular complexity index is 1610. The van der Waals surface area contributed by atoms with Crippen LogP contribution in [-0.2, 0) is 22.4 Å². The number of aromatic nitrogens is 5. The molecule has 2 aliphatic rings. The van der Waals surface area contributed by atoms with Gasteiger partial charge in [0.1, 0.15) is 21.5 Å². The zero-order chi connectivity index (χ0) is 30.0. The summed E-state index contributed by atoms with van der Waals surface area (Å²) >= 11 is 2.83. The lowest BCUT2D eigenvalue weighted by Crippen LogP contribution is -2.57. The van der Waals surface area contributed by atoms with E-state index in [-0.39, 0.29) is 30.1 Å². The molecule has 0 radical (unpaired) electrons. The summed E-state index contributed by atoms with van der Waals surface area (Å²) in [4.78, 5) is 31.7. The molecule has 43 heavy (non-hydrogen) atoms. The fourth-order valence-electron chi connectivity index (χ4n) is 5.69. The van der Waals surface area contributed by atoms with Gasteiger partial charge in [-0.25, -0.2) is 9.37 Å². The van der Waals surface area contributed by atoms with Crippen LogP contribution in [0.3, 0.4) is 0 Å². The fraction of sp³-hybridized carbons (Fsp3) is 0.433. The van der Waals surface area contributed by atoms with Crippen LogP contribution in [0.15, 0.2) is 42.5 Å². The van der Waals surface area contributed by atoms with E-state index in [0.29, 0.717) is 41.3 Å². The summed E-state index contributed by atoms with van der Waals surface area (Å²) in [5.74, 6) is 0.778. The molecule has 6 rings (SSSR count). The van der Waals surface area contributed by atoms with Crippen LogP contribution in [0.25, 0.3) is 0 Å². The van der Waals surface area contributed by atoms with Gasteiger partial charge in [-0.2, -0.15) is 0 Å². The molecule has 1 aromatic carbocycles. The number of halogens is 1. The predicted molar refractivity (Wildman–Crippen MR) is 166 cm³/mol. The van der Waals surface area contributed by atoms with Gasteiger partial charge in [0.2, 0.25) is 22.1 Å². The van der Waals surface area contributed by atoms with Crippen LogP contribution >= 0.6 is 22.7 Å². The Kier molecular flexibility index (Phi) is 8.44. The molecule has 2 fully saturated rings. The number of rotatable bonds is 9. The summed E-state index contributed by atoms with van der Waals surface area (Å²) in [6.07, 6.45) is 4.25. The molecule has 1 saturated heterocycles. The van der Waals surface area contributed by atoms with Crippen LogP contribution in [0.4, 0.5) is 20.5 Å². The van der Waals surface area contributed by atoms with Crippen molar-refractivity contribution in [2.75, 3.05) is 28.6 Å². The van der Waals surface area contributed by atoms with E-state index in [9.17, 15) is 14.0 Å². The number of nitrogens with zero attached hydrogens (tertiary/aromatic N) is 6. The second kappa shape index (κ2) is 12.4. The minimum atomic E-state index is -1.19. The van der Waals surface area contributed by atoms with Crippen LogP contribution in [0.1, 0.15) is 71.3 Å². The third-order valence-electron chi connectivity index (χ3n) is 7.69. The molecule has 1 aliphatic carbocycles. The number of carbonyl (C=O) groups is 2. The van der Waals surface area contributed by atoms with Gasteiger partial charge in [-0.3, -0.25) is 9.59 Å². The number of pyridine rings is 1. The molecular weight excluding hydrogens is 588 g/mol. The largest absolute Gasteiger partial charge is 0.350 e. The lowest BCUT2D eigenvalue weighted by atomic mass is 9.82. The number of alkyl halides is 1. The van der Waals surface area contributed by atoms with E-state index in [1.807, 2.05) is 48.2 Å². The summed E-state index contributed by atoms with van der Waals surface area (Å²) in [6, 6.07) is 13.4. The Morgan fingerprint density at radius 3 is 2.19 bits per heavy atom. The van der Waals surface area contributed by atoms with Crippen molar-refractivity contribution < 1.29 is 14.0 Å². The third kappa shape index (κ3) is 7.39. The first-order valence-electron chi connectivity index (χ1n) is 14.4. The molecule has 224 valence electrons. The first-order chi connectivity index (χ1) is 20.7. The van der Waals surface area contributed by atoms with Crippen molar-refractivity contribution in [1.29, 1.82) is 0 Å². The van der Waals surface area contributed by atoms with Crippen LogP contribution < -0.4 is 15.5 Å². The number of anilines is 3. The quantitative estimate of drug-likeness (QED) is 0.253. The van der Waals surface area contributed by atoms with E-state index in [4.69, 9.17) is 0 Å². The Labute approximate surface area is 257 Å². The highest BCUT2D eigenvalue weighted by atomic mass is 32.1. The SMILES string of the molecule is Cc1cccc(CC(=O)Nc2nnc([C@H]3CCC[C@H](c4nnc(NC(=O)Cc5cccc(N6CC(C)(F)C6)n5)s4)C3)s2)c1. The van der Waals surface area contributed by atoms with E-state index < -0.39 is 5.67 Å². The number of hydrogen-bond acceptors (Lipinski definition) is 10. The topological polar surface area (TPSA) is 126 Å². The molecule has 1 saturated carbocycles. The zero-order valence-corrected chi connectivity index (χ0v) is 25.7. The molecule has 1 aliphatic heterocycles. The Morgan fingerprint density at radius 2 is 1.56 bits per heavy atom. The molecule has 0 unspecified atom stereocenters. The van der Waals surface area contributed by atoms with Gasteiger partial charge in [0.15, 0.2) is 0 Å². The maximum Gasteiger partial charge on any atom is 0.232 e. The first kappa shape index (κ1) is 29.2. The molecular formula is C30H33FN8O2S2. The van der Waals surface area contributed by atoms with Gasteiger partial charge in [-0.05, 0) is 50.8 Å². The molecule has 10 nitrogen and oxygen atoms in total. The van der Waals surface area contributed by atoms with Gasteiger partial charge in [-0.1, -0.05) is 65.0 Å². The smallest absolute Gasteiger partial charge is 0.232 e. The Morgan fingerprint density at radius 1 is 0.930 bits per heavy atom. The lowest BCUT2D eigenvalue weighted by molar-refractivity contribution is -0.116. The molecule has 13 heteroatoms. The average Bonchev–Trinajstić information content (AvgIpc) is 3.62. The van der Waals surface area contributed by atoms with E-state index in [2.05, 4.69) is 36.0 Å². The van der Waals surface area contributed by atoms with Crippen LogP contribution in [0, 0.1) is 6.92 Å². The number of amides is 2. The molecule has 0 bridgehead atoms. The summed E-state index contributed by atoms with van der Waals surface area (Å²) in [7, 11) is 0. The third-order valence-corrected chi connectivity index (χ3v) is 9.69. The minimum absolute atomic E-state index is 0.0932. The normalized spacial score (nSPS) is 19.5. The lowest BCUT2D eigenvalue weighted by Gasteiger charge is -2.43. The fourth-order valence-corrected chi connectivity index (χ4v) is 7.50. The van der Waals surface area contributed by atoms with Crippen molar-refractivity contribution in [1.82, 2.24) is 25.4 Å². The summed E-state index contributed by atoms with van der Waals surface area (Å²) in [5.41, 5.74) is 1.51. The standard InChI is InChI=1S/C30H33FN8O2S2/c1-18-6-3-7-19(12-18)13-24(40)33-28-37-35-26(42-28)20-8-4-9-21(14-20)27-36-38-29(43-27)34-25(41)15-22-10-5-11-23(32-22)39-16-30(2,31)17-39/h3,5-7,10-12,20-21H,4,8-9,13-17H2,1-2H3,(H,33,37,40)(H,34,38,41)/t20-,21-/m0/s1. The van der Waals surface area contributed by atoms with Gasteiger partial charge >= 0.3 is 0 Å². The van der Waals surface area contributed by atoms with Crippen molar-refractivity contribution in [2.24, 2.45) is 0 Å². The maximum absolute atomic E-state index is 13.9. The van der Waals surface area contributed by atoms with Crippen LogP contribution in [0.2, 0.25) is 0 Å². The highest BCUT2D eigenvalue weighted by Crippen LogP contribution is 2.43. The number of aryl methyl sites for hydroxylation is 1. The van der Waals surface area contributed by atoms with Gasteiger partial charge in [0.25, 0.3) is 0 Å². The van der Waals surface area contributed by atoms with Crippen molar-refractivity contribution in [2.45, 2.75) is 69.9 Å². The second-order valence-electron chi connectivity index (χ2n) is 11.6. The molecule has 2 N–H and O–H groups in total. The van der Waals surface area contributed by atoms with E-state index in [1.54, 1.807) is 13.0 Å². The zero-order valence-electron chi connectivity index (χ0n) is 24.0. The van der Waals surface area contributed by atoms with E-state index >= 15 is 0 Å². The molecule has 4 heterocycles. The molecule has 3 aromatic heterocycles. The Hall–Kier alpha value is -3.84. The van der Waals surface area contributed by atoms with E-state index in [1.165, 1.54) is 22.7 Å². The Balaban J connectivity index is 1.01. The highest BCUT2D eigenvalue weighted by molar-refractivity contribution is 7.15. The maximum atomic E-state index is 13.9. The number of benzene rings is 1. The first-order valence-corrected chi connectivity index (χ1v) is 16.0. The number of hydrogen-bond donors (Lipinski definition) is 2. The van der Waals surface area contributed by atoms with Gasteiger partial charge in [-0.15, -0.1) is 20.4 Å². The van der Waals surface area contributed by atoms with Crippen molar-refractivity contribution in [3.63, 3.8) is 0 Å². The monoisotopic (exact) mass is 620 g/mol. The number of carbonyl (C=O) groups excluding carboxylic acids is 2. The molecule has 0 spiro atoms. The molecule has 2 amide bonds. The summed E-state index contributed by atoms with van der Waals surface area (Å²) < 4.78 is 13.9. The molecule has 2 atom stereocenters. The second-order valence-corrected chi connectivity index (χ2v) is 13.7. The van der Waals surface area contributed by atoms with Crippen LogP contribution in [0.5, 0.6) is 0 Å². The summed E-state index contributed by atoms with van der Waals surface area (Å²) in [5, 5.41) is 25.8. The van der Waals surface area contributed by atoms with Gasteiger partial charge in [0.05, 0.1) is 31.6 Å². The predicted octanol–water partition coefficient (Wildman–Crippen LogP) is 5.45. The molecule has 4 aromatic rings.